The van der Waals surface area contributed by atoms with Crippen molar-refractivity contribution in [2.75, 3.05) is 20.1 Å². The average molecular weight is 275 g/mol. The molecule has 110 valence electrons. The number of nitrogens with one attached hydrogen (secondary N) is 1. The van der Waals surface area contributed by atoms with Gasteiger partial charge in [-0.2, -0.15) is 0 Å². The van der Waals surface area contributed by atoms with Crippen molar-refractivity contribution in [2.24, 2.45) is 5.73 Å². The zero-order chi connectivity index (χ0) is 14.5. The van der Waals surface area contributed by atoms with Crippen molar-refractivity contribution in [3.05, 3.63) is 35.4 Å². The van der Waals surface area contributed by atoms with Crippen LogP contribution in [0.25, 0.3) is 0 Å². The molecule has 1 saturated heterocycles. The summed E-state index contributed by atoms with van der Waals surface area (Å²) in [5, 5.41) is 3.16. The Labute approximate surface area is 121 Å². The van der Waals surface area contributed by atoms with Crippen molar-refractivity contribution >= 4 is 5.91 Å². The lowest BCUT2D eigenvalue weighted by Gasteiger charge is -2.35. The fraction of sp³-hybridized carbons (Fsp3) is 0.562. The van der Waals surface area contributed by atoms with E-state index in [-0.39, 0.29) is 11.9 Å². The van der Waals surface area contributed by atoms with E-state index in [0.717, 1.165) is 36.9 Å². The van der Waals surface area contributed by atoms with Gasteiger partial charge in [-0.05, 0) is 57.5 Å². The van der Waals surface area contributed by atoms with Crippen LogP contribution < -0.4 is 11.1 Å². The summed E-state index contributed by atoms with van der Waals surface area (Å²) < 4.78 is 0. The number of amides is 1. The molecule has 0 spiro atoms. The normalized spacial score (nSPS) is 23.6. The molecule has 3 N–H and O–H groups in total. The first-order valence-corrected chi connectivity index (χ1v) is 7.40. The molecule has 4 heteroatoms. The SMILES string of the molecule is CC1CC(NC(=O)c2cccc(CCN)c2)CCN1C. The summed E-state index contributed by atoms with van der Waals surface area (Å²) in [6, 6.07) is 8.57. The molecule has 2 atom stereocenters. The minimum absolute atomic E-state index is 0.0330. The van der Waals surface area contributed by atoms with Crippen molar-refractivity contribution < 1.29 is 4.79 Å². The number of hydrogen-bond acceptors (Lipinski definition) is 3. The Bertz CT molecular complexity index is 461. The molecule has 1 aromatic carbocycles. The van der Waals surface area contributed by atoms with Crippen LogP contribution in [0.3, 0.4) is 0 Å². The molecule has 1 aliphatic heterocycles. The molecule has 2 rings (SSSR count). The summed E-state index contributed by atoms with van der Waals surface area (Å²) in [5.41, 5.74) is 7.42. The van der Waals surface area contributed by atoms with Gasteiger partial charge in [-0.25, -0.2) is 0 Å². The predicted molar refractivity (Wildman–Crippen MR) is 81.8 cm³/mol. The van der Waals surface area contributed by atoms with Gasteiger partial charge < -0.3 is 16.0 Å². The summed E-state index contributed by atoms with van der Waals surface area (Å²) in [6.45, 7) is 3.86. The van der Waals surface area contributed by atoms with Gasteiger partial charge >= 0.3 is 0 Å². The molecule has 2 unspecified atom stereocenters. The van der Waals surface area contributed by atoms with Gasteiger partial charge in [-0.15, -0.1) is 0 Å². The highest BCUT2D eigenvalue weighted by atomic mass is 16.1. The lowest BCUT2D eigenvalue weighted by Crippen LogP contribution is -2.47. The van der Waals surface area contributed by atoms with Crippen molar-refractivity contribution in [1.82, 2.24) is 10.2 Å². The molecule has 4 nitrogen and oxygen atoms in total. The first-order valence-electron chi connectivity index (χ1n) is 7.40. The second kappa shape index (κ2) is 6.86. The number of hydrogen-bond donors (Lipinski definition) is 2. The molecule has 1 aromatic rings. The number of carbonyl (C=O) groups excluding carboxylic acids is 1. The molecule has 1 heterocycles. The summed E-state index contributed by atoms with van der Waals surface area (Å²) in [4.78, 5) is 14.6. The highest BCUT2D eigenvalue weighted by Crippen LogP contribution is 2.16. The third-order valence-corrected chi connectivity index (χ3v) is 4.17. The van der Waals surface area contributed by atoms with Gasteiger partial charge in [0, 0.05) is 24.2 Å². The van der Waals surface area contributed by atoms with Crippen LogP contribution in [0.15, 0.2) is 24.3 Å². The Morgan fingerprint density at radius 3 is 3.00 bits per heavy atom. The number of piperidine rings is 1. The average Bonchev–Trinajstić information content (AvgIpc) is 2.43. The lowest BCUT2D eigenvalue weighted by atomic mass is 9.98. The minimum atomic E-state index is 0.0330. The Hall–Kier alpha value is -1.39. The monoisotopic (exact) mass is 275 g/mol. The van der Waals surface area contributed by atoms with Crippen LogP contribution >= 0.6 is 0 Å². The van der Waals surface area contributed by atoms with Gasteiger partial charge in [0.15, 0.2) is 0 Å². The molecule has 0 saturated carbocycles. The van der Waals surface area contributed by atoms with Crippen molar-refractivity contribution in [3.8, 4) is 0 Å². The second-order valence-electron chi connectivity index (χ2n) is 5.76. The van der Waals surface area contributed by atoms with E-state index in [1.807, 2.05) is 24.3 Å². The summed E-state index contributed by atoms with van der Waals surface area (Å²) in [6.07, 6.45) is 2.85. The summed E-state index contributed by atoms with van der Waals surface area (Å²) in [5.74, 6) is 0.0330. The van der Waals surface area contributed by atoms with Crippen LogP contribution in [0, 0.1) is 0 Å². The van der Waals surface area contributed by atoms with Crippen LogP contribution in [0.2, 0.25) is 0 Å². The van der Waals surface area contributed by atoms with Crippen LogP contribution in [-0.4, -0.2) is 43.0 Å². The maximum Gasteiger partial charge on any atom is 0.251 e. The van der Waals surface area contributed by atoms with E-state index < -0.39 is 0 Å². The molecule has 1 amide bonds. The summed E-state index contributed by atoms with van der Waals surface area (Å²) in [7, 11) is 2.14. The van der Waals surface area contributed by atoms with Gasteiger partial charge in [-0.1, -0.05) is 12.1 Å². The largest absolute Gasteiger partial charge is 0.349 e. The third-order valence-electron chi connectivity index (χ3n) is 4.17. The fourth-order valence-corrected chi connectivity index (χ4v) is 2.72. The zero-order valence-corrected chi connectivity index (χ0v) is 12.4. The van der Waals surface area contributed by atoms with Crippen LogP contribution in [0.4, 0.5) is 0 Å². The lowest BCUT2D eigenvalue weighted by molar-refractivity contribution is 0.0896. The second-order valence-corrected chi connectivity index (χ2v) is 5.76. The van der Waals surface area contributed by atoms with Crippen molar-refractivity contribution in [2.45, 2.75) is 38.3 Å². The van der Waals surface area contributed by atoms with E-state index in [1.165, 1.54) is 0 Å². The van der Waals surface area contributed by atoms with E-state index in [2.05, 4.69) is 24.2 Å². The molecule has 0 bridgehead atoms. The molecule has 20 heavy (non-hydrogen) atoms. The first-order chi connectivity index (χ1) is 9.60. The Balaban J connectivity index is 1.96. The quantitative estimate of drug-likeness (QED) is 0.873. The van der Waals surface area contributed by atoms with E-state index in [4.69, 9.17) is 5.73 Å². The minimum Gasteiger partial charge on any atom is -0.349 e. The Morgan fingerprint density at radius 2 is 2.30 bits per heavy atom. The first kappa shape index (κ1) is 15.0. The maximum atomic E-state index is 12.3. The number of benzene rings is 1. The number of nitrogens with zero attached hydrogens (tertiary/aromatic N) is 1. The molecular formula is C16H25N3O. The van der Waals surface area contributed by atoms with Gasteiger partial charge in [0.05, 0.1) is 0 Å². The van der Waals surface area contributed by atoms with E-state index in [1.54, 1.807) is 0 Å². The number of carbonyl (C=O) groups is 1. The van der Waals surface area contributed by atoms with E-state index >= 15 is 0 Å². The van der Waals surface area contributed by atoms with Gasteiger partial charge in [-0.3, -0.25) is 4.79 Å². The third kappa shape index (κ3) is 3.81. The van der Waals surface area contributed by atoms with Crippen molar-refractivity contribution in [3.63, 3.8) is 0 Å². The molecule has 0 radical (unpaired) electrons. The Kier molecular flexibility index (Phi) is 5.15. The highest BCUT2D eigenvalue weighted by molar-refractivity contribution is 5.94. The predicted octanol–water partition coefficient (Wildman–Crippen LogP) is 1.40. The number of nitrogens with two attached hydrogens (primary N) is 1. The topological polar surface area (TPSA) is 58.4 Å². The van der Waals surface area contributed by atoms with E-state index in [0.29, 0.717) is 12.6 Å². The molecule has 1 aliphatic rings. The smallest absolute Gasteiger partial charge is 0.251 e. The zero-order valence-electron chi connectivity index (χ0n) is 12.4. The van der Waals surface area contributed by atoms with E-state index in [9.17, 15) is 4.79 Å². The molecular weight excluding hydrogens is 250 g/mol. The molecule has 1 fully saturated rings. The van der Waals surface area contributed by atoms with Crippen molar-refractivity contribution in [1.29, 1.82) is 0 Å². The molecule has 0 aliphatic carbocycles. The highest BCUT2D eigenvalue weighted by Gasteiger charge is 2.24. The standard InChI is InChI=1S/C16H25N3O/c1-12-10-15(7-9-19(12)2)18-16(20)14-5-3-4-13(11-14)6-8-17/h3-5,11-12,15H,6-10,17H2,1-2H3,(H,18,20). The van der Waals surface area contributed by atoms with Gasteiger partial charge in [0.25, 0.3) is 5.91 Å². The molecule has 0 aromatic heterocycles. The maximum absolute atomic E-state index is 12.3. The van der Waals surface area contributed by atoms with Gasteiger partial charge in [0.1, 0.15) is 0 Å². The van der Waals surface area contributed by atoms with Crippen LogP contribution in [-0.2, 0) is 6.42 Å². The Morgan fingerprint density at radius 1 is 1.50 bits per heavy atom. The van der Waals surface area contributed by atoms with Crippen LogP contribution in [0.1, 0.15) is 35.7 Å². The van der Waals surface area contributed by atoms with Gasteiger partial charge in [0.2, 0.25) is 0 Å². The fourth-order valence-electron chi connectivity index (χ4n) is 2.72. The summed E-state index contributed by atoms with van der Waals surface area (Å²) >= 11 is 0. The van der Waals surface area contributed by atoms with Crippen LogP contribution in [0.5, 0.6) is 0 Å². The number of rotatable bonds is 4. The number of likely N-dealkylation sites (tertiary alicyclic amines) is 1.